The van der Waals surface area contributed by atoms with Crippen LogP contribution in [0.15, 0.2) is 83.8 Å². The minimum absolute atomic E-state index is 0.159. The fourth-order valence-corrected chi connectivity index (χ4v) is 4.83. The number of ether oxygens (including phenoxy) is 1. The molecule has 4 aromatic rings. The highest BCUT2D eigenvalue weighted by atomic mass is 32.2. The van der Waals surface area contributed by atoms with E-state index in [0.717, 1.165) is 22.6 Å². The maximum absolute atomic E-state index is 11.8. The lowest BCUT2D eigenvalue weighted by Crippen LogP contribution is -2.37. The first-order chi connectivity index (χ1) is 18.5. The van der Waals surface area contributed by atoms with Crippen LogP contribution < -0.4 is 15.5 Å². The normalized spacial score (nSPS) is 14.0. The fraction of sp³-hybridized carbons (Fsp3) is 0.148. The van der Waals surface area contributed by atoms with Crippen LogP contribution in [-0.2, 0) is 14.9 Å². The summed E-state index contributed by atoms with van der Waals surface area (Å²) >= 11 is 0. The highest BCUT2D eigenvalue weighted by Gasteiger charge is 2.22. The van der Waals surface area contributed by atoms with Crippen molar-refractivity contribution in [1.29, 1.82) is 0 Å². The van der Waals surface area contributed by atoms with Crippen molar-refractivity contribution in [1.82, 2.24) is 15.4 Å². The van der Waals surface area contributed by atoms with Crippen LogP contribution in [0.5, 0.6) is 0 Å². The lowest BCUT2D eigenvalue weighted by Gasteiger charge is -2.31. The van der Waals surface area contributed by atoms with Crippen LogP contribution in [0.3, 0.4) is 0 Å². The molecule has 1 aliphatic heterocycles. The third-order valence-electron chi connectivity index (χ3n) is 5.96. The minimum Gasteiger partial charge on any atom is -0.378 e. The summed E-state index contributed by atoms with van der Waals surface area (Å²) in [5.41, 5.74) is 3.52. The number of nitrogens with one attached hydrogen (secondary N) is 2. The van der Waals surface area contributed by atoms with Crippen LogP contribution in [0.25, 0.3) is 12.2 Å². The van der Waals surface area contributed by atoms with Gasteiger partial charge in [-0.25, -0.2) is 0 Å². The Bertz CT molecular complexity index is 1540. The maximum Gasteiger partial charge on any atom is 0.295 e. The van der Waals surface area contributed by atoms with E-state index < -0.39 is 10.1 Å². The van der Waals surface area contributed by atoms with E-state index >= 15 is 0 Å². The second-order valence-corrected chi connectivity index (χ2v) is 9.87. The average molecular weight is 531 g/mol. The molecule has 0 spiro atoms. The summed E-state index contributed by atoms with van der Waals surface area (Å²) in [4.78, 5) is 1.99. The van der Waals surface area contributed by atoms with E-state index in [4.69, 9.17) is 4.74 Å². The highest BCUT2D eigenvalue weighted by Crippen LogP contribution is 2.35. The van der Waals surface area contributed by atoms with Crippen molar-refractivity contribution in [2.24, 2.45) is 0 Å². The van der Waals surface area contributed by atoms with Gasteiger partial charge in [0.25, 0.3) is 10.1 Å². The highest BCUT2D eigenvalue weighted by molar-refractivity contribution is 7.85. The number of rotatable bonds is 8. The molecular weight excluding hydrogens is 504 g/mol. The molecule has 1 aromatic heterocycles. The molecule has 0 atom stereocenters. The second-order valence-electron chi connectivity index (χ2n) is 8.48. The predicted molar refractivity (Wildman–Crippen MR) is 147 cm³/mol. The number of nitrogens with zero attached hydrogens (tertiary/aromatic N) is 4. The molecular formula is C27H26N6O4S. The van der Waals surface area contributed by atoms with Gasteiger partial charge in [0.1, 0.15) is 10.6 Å². The summed E-state index contributed by atoms with van der Waals surface area (Å²) in [5.74, 6) is 1.07. The van der Waals surface area contributed by atoms with E-state index in [9.17, 15) is 13.0 Å². The zero-order valence-electron chi connectivity index (χ0n) is 20.4. The van der Waals surface area contributed by atoms with E-state index in [2.05, 4.69) is 30.9 Å². The number of para-hydroxylation sites is 2. The molecule has 0 radical (unpaired) electrons. The summed E-state index contributed by atoms with van der Waals surface area (Å²) in [6.45, 7) is 2.50. The molecule has 0 amide bonds. The number of benzene rings is 3. The van der Waals surface area contributed by atoms with Gasteiger partial charge in [0.05, 0.1) is 13.2 Å². The van der Waals surface area contributed by atoms with Crippen molar-refractivity contribution in [2.45, 2.75) is 4.90 Å². The van der Waals surface area contributed by atoms with Crippen LogP contribution in [0.2, 0.25) is 0 Å². The molecule has 0 unspecified atom stereocenters. The molecule has 3 aromatic carbocycles. The Morgan fingerprint density at radius 1 is 0.789 bits per heavy atom. The van der Waals surface area contributed by atoms with Gasteiger partial charge >= 0.3 is 0 Å². The Morgan fingerprint density at radius 3 is 2.13 bits per heavy atom. The van der Waals surface area contributed by atoms with E-state index in [1.165, 1.54) is 6.07 Å². The molecule has 10 nitrogen and oxygen atoms in total. The van der Waals surface area contributed by atoms with Gasteiger partial charge in [0.15, 0.2) is 11.6 Å². The lowest BCUT2D eigenvalue weighted by atomic mass is 10.1. The molecule has 11 heteroatoms. The van der Waals surface area contributed by atoms with E-state index in [-0.39, 0.29) is 4.90 Å². The monoisotopic (exact) mass is 530 g/mol. The first-order valence-corrected chi connectivity index (χ1v) is 13.4. The smallest absolute Gasteiger partial charge is 0.295 e. The number of hydrogen-bond donors (Lipinski definition) is 3. The Kier molecular flexibility index (Phi) is 7.59. The van der Waals surface area contributed by atoms with Crippen molar-refractivity contribution in [3.05, 3.63) is 90.0 Å². The molecule has 0 aliphatic carbocycles. The van der Waals surface area contributed by atoms with E-state index in [1.807, 2.05) is 54.6 Å². The fourth-order valence-electron chi connectivity index (χ4n) is 4.15. The summed E-state index contributed by atoms with van der Waals surface area (Å²) in [5, 5.41) is 19.4. The topological polar surface area (TPSA) is 130 Å². The van der Waals surface area contributed by atoms with Crippen LogP contribution in [-0.4, -0.2) is 54.7 Å². The van der Waals surface area contributed by atoms with Gasteiger partial charge in [-0.3, -0.25) is 4.55 Å². The molecule has 3 N–H and O–H groups in total. The van der Waals surface area contributed by atoms with Crippen molar-refractivity contribution in [3.63, 3.8) is 0 Å². The molecule has 38 heavy (non-hydrogen) atoms. The Morgan fingerprint density at radius 2 is 1.39 bits per heavy atom. The summed E-state index contributed by atoms with van der Waals surface area (Å²) in [6, 6.07) is 23.5. The van der Waals surface area contributed by atoms with Gasteiger partial charge in [0, 0.05) is 24.5 Å². The molecule has 0 saturated carbocycles. The largest absolute Gasteiger partial charge is 0.378 e. The van der Waals surface area contributed by atoms with Gasteiger partial charge in [-0.2, -0.15) is 8.42 Å². The van der Waals surface area contributed by atoms with Crippen LogP contribution >= 0.6 is 0 Å². The Balaban J connectivity index is 1.50. The second kappa shape index (κ2) is 11.4. The third-order valence-corrected chi connectivity index (χ3v) is 6.88. The quantitative estimate of drug-likeness (QED) is 0.219. The van der Waals surface area contributed by atoms with Crippen molar-refractivity contribution >= 4 is 51.0 Å². The molecule has 1 fully saturated rings. The van der Waals surface area contributed by atoms with Gasteiger partial charge in [-0.15, -0.1) is 10.2 Å². The minimum atomic E-state index is -4.36. The zero-order valence-corrected chi connectivity index (χ0v) is 21.2. The van der Waals surface area contributed by atoms with Gasteiger partial charge in [-0.1, -0.05) is 66.7 Å². The predicted octanol–water partition coefficient (Wildman–Crippen LogP) is 4.61. The molecule has 2 heterocycles. The van der Waals surface area contributed by atoms with E-state index in [0.29, 0.717) is 43.5 Å². The third kappa shape index (κ3) is 5.97. The van der Waals surface area contributed by atoms with Crippen molar-refractivity contribution in [2.75, 3.05) is 41.8 Å². The standard InChI is InChI=1S/C27H26N6O4S/c34-38(35,36)24-13-7-5-9-21(24)15-14-20-8-4-6-12-23(20)29-27-25(33-16-18-37-19-17-33)26(30-32-31-27)28-22-10-2-1-3-11-22/h1-15H,16-19H2,(H,34,35,36)(H2,28,29,30,31)/b15-14+. The lowest BCUT2D eigenvalue weighted by molar-refractivity contribution is 0.123. The first-order valence-electron chi connectivity index (χ1n) is 12.0. The Labute approximate surface area is 220 Å². The number of anilines is 5. The van der Waals surface area contributed by atoms with Crippen molar-refractivity contribution < 1.29 is 17.7 Å². The number of aromatic nitrogens is 3. The summed E-state index contributed by atoms with van der Waals surface area (Å²) in [7, 11) is -4.36. The number of hydrogen-bond acceptors (Lipinski definition) is 9. The molecule has 1 aliphatic rings. The summed E-state index contributed by atoms with van der Waals surface area (Å²) < 4.78 is 38.7. The average Bonchev–Trinajstić information content (AvgIpc) is 2.93. The number of morpholine rings is 1. The van der Waals surface area contributed by atoms with Gasteiger partial charge < -0.3 is 20.3 Å². The molecule has 5 rings (SSSR count). The van der Waals surface area contributed by atoms with Gasteiger partial charge in [0.2, 0.25) is 0 Å². The molecule has 194 valence electrons. The van der Waals surface area contributed by atoms with E-state index in [1.54, 1.807) is 30.4 Å². The Hall–Kier alpha value is -4.32. The van der Waals surface area contributed by atoms with Crippen LogP contribution in [0.1, 0.15) is 11.1 Å². The maximum atomic E-state index is 11.8. The molecule has 0 bridgehead atoms. The van der Waals surface area contributed by atoms with Crippen LogP contribution in [0.4, 0.5) is 28.7 Å². The SMILES string of the molecule is O=S(=O)(O)c1ccccc1/C=C/c1ccccc1Nc1nnnc(Nc2ccccc2)c1N1CCOCC1. The van der Waals surface area contributed by atoms with Crippen molar-refractivity contribution in [3.8, 4) is 0 Å². The first kappa shape index (κ1) is 25.3. The van der Waals surface area contributed by atoms with Crippen LogP contribution in [0, 0.1) is 0 Å². The molecule has 1 saturated heterocycles. The summed E-state index contributed by atoms with van der Waals surface area (Å²) in [6.07, 6.45) is 3.42. The zero-order chi connectivity index (χ0) is 26.4. The van der Waals surface area contributed by atoms with Gasteiger partial charge in [-0.05, 0) is 40.6 Å².